The average molecular weight is 221 g/mol. The Morgan fingerprint density at radius 2 is 2.38 bits per heavy atom. The lowest BCUT2D eigenvalue weighted by Gasteiger charge is -2.23. The first kappa shape index (κ1) is 11.3. The zero-order valence-corrected chi connectivity index (χ0v) is 9.56. The summed E-state index contributed by atoms with van der Waals surface area (Å²) in [5, 5.41) is 3.53. The molecule has 1 aromatic heterocycles. The zero-order chi connectivity index (χ0) is 11.1. The zero-order valence-electron chi connectivity index (χ0n) is 9.56. The number of hydrogen-bond acceptors (Lipinski definition) is 4. The van der Waals surface area contributed by atoms with Gasteiger partial charge < -0.3 is 10.1 Å². The molecule has 1 aliphatic heterocycles. The van der Waals surface area contributed by atoms with Gasteiger partial charge in [-0.2, -0.15) is 0 Å². The highest BCUT2D eigenvalue weighted by atomic mass is 16.5. The van der Waals surface area contributed by atoms with E-state index in [1.165, 1.54) is 32.2 Å². The second-order valence-corrected chi connectivity index (χ2v) is 4.18. The Hall–Kier alpha value is -1.16. The lowest BCUT2D eigenvalue weighted by atomic mass is 10.0. The van der Waals surface area contributed by atoms with Crippen molar-refractivity contribution >= 4 is 0 Å². The molecule has 0 amide bonds. The van der Waals surface area contributed by atoms with Crippen molar-refractivity contribution in [2.45, 2.75) is 38.1 Å². The van der Waals surface area contributed by atoms with Crippen LogP contribution < -0.4 is 10.1 Å². The molecule has 88 valence electrons. The number of nitrogens with zero attached hydrogens (tertiary/aromatic N) is 2. The predicted octanol–water partition coefficient (Wildman–Crippen LogP) is 1.78. The summed E-state index contributed by atoms with van der Waals surface area (Å²) in [6.45, 7) is 1.91. The van der Waals surface area contributed by atoms with Gasteiger partial charge in [-0.1, -0.05) is 6.42 Å². The number of hydrogen-bond donors (Lipinski definition) is 1. The van der Waals surface area contributed by atoms with Crippen LogP contribution in [-0.2, 0) is 0 Å². The van der Waals surface area contributed by atoms with Gasteiger partial charge in [-0.15, -0.1) is 0 Å². The second kappa shape index (κ2) is 6.43. The third kappa shape index (κ3) is 3.77. The maximum atomic E-state index is 5.50. The van der Waals surface area contributed by atoms with Gasteiger partial charge in [-0.25, -0.2) is 4.98 Å². The van der Waals surface area contributed by atoms with Crippen molar-refractivity contribution in [3.63, 3.8) is 0 Å². The second-order valence-electron chi connectivity index (χ2n) is 4.18. The molecule has 4 nitrogen and oxygen atoms in total. The fourth-order valence-electron chi connectivity index (χ4n) is 2.04. The molecule has 1 fully saturated rings. The van der Waals surface area contributed by atoms with Gasteiger partial charge in [-0.05, 0) is 32.2 Å². The van der Waals surface area contributed by atoms with Crippen LogP contribution in [0.2, 0.25) is 0 Å². The SMILES string of the molecule is c1cnc(OCCCC2CCCCN2)cn1. The number of nitrogens with one attached hydrogen (secondary N) is 1. The largest absolute Gasteiger partial charge is 0.477 e. The summed E-state index contributed by atoms with van der Waals surface area (Å²) in [5.74, 6) is 0.624. The molecule has 0 aliphatic carbocycles. The number of rotatable bonds is 5. The van der Waals surface area contributed by atoms with Crippen LogP contribution in [0.4, 0.5) is 0 Å². The summed E-state index contributed by atoms with van der Waals surface area (Å²) < 4.78 is 5.50. The Bertz CT molecular complexity index is 286. The molecule has 2 rings (SSSR count). The van der Waals surface area contributed by atoms with Crippen molar-refractivity contribution in [2.75, 3.05) is 13.2 Å². The van der Waals surface area contributed by atoms with Crippen LogP contribution in [0.1, 0.15) is 32.1 Å². The third-order valence-corrected chi connectivity index (χ3v) is 2.90. The molecule has 0 saturated carbocycles. The molecule has 0 radical (unpaired) electrons. The van der Waals surface area contributed by atoms with Crippen molar-refractivity contribution in [1.29, 1.82) is 0 Å². The van der Waals surface area contributed by atoms with Crippen LogP contribution in [-0.4, -0.2) is 29.2 Å². The van der Waals surface area contributed by atoms with Gasteiger partial charge in [0.2, 0.25) is 5.88 Å². The maximum absolute atomic E-state index is 5.50. The average Bonchev–Trinajstić information content (AvgIpc) is 2.37. The van der Waals surface area contributed by atoms with E-state index in [1.807, 2.05) is 0 Å². The van der Waals surface area contributed by atoms with Crippen LogP contribution in [0.25, 0.3) is 0 Å². The fraction of sp³-hybridized carbons (Fsp3) is 0.667. The number of aromatic nitrogens is 2. The van der Waals surface area contributed by atoms with Gasteiger partial charge in [0, 0.05) is 18.4 Å². The molecule has 0 aromatic carbocycles. The van der Waals surface area contributed by atoms with Gasteiger partial charge >= 0.3 is 0 Å². The van der Waals surface area contributed by atoms with Crippen LogP contribution in [0, 0.1) is 0 Å². The Morgan fingerprint density at radius 3 is 3.12 bits per heavy atom. The fourth-order valence-corrected chi connectivity index (χ4v) is 2.04. The summed E-state index contributed by atoms with van der Waals surface area (Å²) in [4.78, 5) is 8.02. The van der Waals surface area contributed by atoms with Crippen molar-refractivity contribution in [2.24, 2.45) is 0 Å². The van der Waals surface area contributed by atoms with Gasteiger partial charge in [0.05, 0.1) is 12.8 Å². The van der Waals surface area contributed by atoms with Crippen LogP contribution in [0.5, 0.6) is 5.88 Å². The quantitative estimate of drug-likeness (QED) is 0.770. The van der Waals surface area contributed by atoms with E-state index in [4.69, 9.17) is 4.74 Å². The van der Waals surface area contributed by atoms with Crippen LogP contribution >= 0.6 is 0 Å². The van der Waals surface area contributed by atoms with Gasteiger partial charge in [0.1, 0.15) is 0 Å². The topological polar surface area (TPSA) is 47.0 Å². The first-order chi connectivity index (χ1) is 7.95. The number of piperidine rings is 1. The van der Waals surface area contributed by atoms with E-state index < -0.39 is 0 Å². The van der Waals surface area contributed by atoms with E-state index >= 15 is 0 Å². The van der Waals surface area contributed by atoms with E-state index in [0.717, 1.165) is 13.0 Å². The Labute approximate surface area is 96.4 Å². The standard InChI is InChI=1S/C12H19N3O/c1-2-6-14-11(4-1)5-3-9-16-12-10-13-7-8-15-12/h7-8,10-11,14H,1-6,9H2. The van der Waals surface area contributed by atoms with Crippen molar-refractivity contribution in [3.05, 3.63) is 18.6 Å². The predicted molar refractivity (Wildman–Crippen MR) is 62.4 cm³/mol. The van der Waals surface area contributed by atoms with Crippen molar-refractivity contribution < 1.29 is 4.74 Å². The van der Waals surface area contributed by atoms with Crippen molar-refractivity contribution in [1.82, 2.24) is 15.3 Å². The molecule has 1 N–H and O–H groups in total. The third-order valence-electron chi connectivity index (χ3n) is 2.90. The molecule has 1 aliphatic rings. The molecule has 0 bridgehead atoms. The molecule has 1 unspecified atom stereocenters. The van der Waals surface area contributed by atoms with E-state index in [9.17, 15) is 0 Å². The minimum atomic E-state index is 0.624. The smallest absolute Gasteiger partial charge is 0.232 e. The minimum absolute atomic E-state index is 0.624. The van der Waals surface area contributed by atoms with E-state index in [1.54, 1.807) is 18.6 Å². The highest BCUT2D eigenvalue weighted by molar-refractivity contribution is 5.00. The molecular formula is C12H19N3O. The van der Waals surface area contributed by atoms with Gasteiger partial charge in [0.15, 0.2) is 0 Å². The molecule has 4 heteroatoms. The summed E-state index contributed by atoms with van der Waals surface area (Å²) in [6.07, 6.45) is 11.2. The first-order valence-electron chi connectivity index (χ1n) is 6.07. The summed E-state index contributed by atoms with van der Waals surface area (Å²) in [6, 6.07) is 0.694. The molecule has 16 heavy (non-hydrogen) atoms. The highest BCUT2D eigenvalue weighted by Crippen LogP contribution is 2.12. The lowest BCUT2D eigenvalue weighted by Crippen LogP contribution is -2.34. The molecule has 0 spiro atoms. The Balaban J connectivity index is 1.58. The number of ether oxygens (including phenoxy) is 1. The van der Waals surface area contributed by atoms with Gasteiger partial charge in [0.25, 0.3) is 0 Å². The molecule has 1 atom stereocenters. The molecular weight excluding hydrogens is 202 g/mol. The van der Waals surface area contributed by atoms with E-state index in [0.29, 0.717) is 11.9 Å². The summed E-state index contributed by atoms with van der Waals surface area (Å²) >= 11 is 0. The Morgan fingerprint density at radius 1 is 1.38 bits per heavy atom. The molecule has 1 aromatic rings. The highest BCUT2D eigenvalue weighted by Gasteiger charge is 2.11. The van der Waals surface area contributed by atoms with Crippen LogP contribution in [0.15, 0.2) is 18.6 Å². The monoisotopic (exact) mass is 221 g/mol. The molecule has 1 saturated heterocycles. The van der Waals surface area contributed by atoms with E-state index in [2.05, 4.69) is 15.3 Å². The normalized spacial score (nSPS) is 20.6. The first-order valence-corrected chi connectivity index (χ1v) is 6.07. The van der Waals surface area contributed by atoms with E-state index in [-0.39, 0.29) is 0 Å². The summed E-state index contributed by atoms with van der Waals surface area (Å²) in [7, 11) is 0. The Kier molecular flexibility index (Phi) is 4.55. The maximum Gasteiger partial charge on any atom is 0.232 e. The molecule has 2 heterocycles. The van der Waals surface area contributed by atoms with Crippen molar-refractivity contribution in [3.8, 4) is 5.88 Å². The lowest BCUT2D eigenvalue weighted by molar-refractivity contribution is 0.275. The van der Waals surface area contributed by atoms with Crippen LogP contribution in [0.3, 0.4) is 0 Å². The van der Waals surface area contributed by atoms with Gasteiger partial charge in [-0.3, -0.25) is 4.98 Å². The minimum Gasteiger partial charge on any atom is -0.477 e. The summed E-state index contributed by atoms with van der Waals surface area (Å²) in [5.41, 5.74) is 0.